The molecule has 2 aliphatic rings. The zero-order chi connectivity index (χ0) is 13.5. The lowest BCUT2D eigenvalue weighted by Gasteiger charge is -2.40. The fourth-order valence-corrected chi connectivity index (χ4v) is 4.10. The Bertz CT molecular complexity index is 235. The fraction of sp³-hybridized carbons (Fsp3) is 1.00. The monoisotopic (exact) mass is 266 g/mol. The molecular weight excluding hydrogens is 232 g/mol. The van der Waals surface area contributed by atoms with Crippen LogP contribution in [0.5, 0.6) is 0 Å². The van der Waals surface area contributed by atoms with Crippen LogP contribution in [0.15, 0.2) is 0 Å². The maximum atomic E-state index is 3.84. The lowest BCUT2D eigenvalue weighted by Crippen LogP contribution is -2.52. The molecule has 2 fully saturated rings. The van der Waals surface area contributed by atoms with Crippen LogP contribution in [0.25, 0.3) is 0 Å². The number of nitrogens with one attached hydrogen (secondary N) is 1. The third kappa shape index (κ3) is 4.46. The Morgan fingerprint density at radius 2 is 1.53 bits per heavy atom. The summed E-state index contributed by atoms with van der Waals surface area (Å²) >= 11 is 0. The molecule has 19 heavy (non-hydrogen) atoms. The standard InChI is InChI=1S/C17H34N2/c1-3-14-18-16-12-8-5-9-13-17(16)19(2)15-10-6-4-7-11-15/h15-18H,3-14H2,1-2H3. The largest absolute Gasteiger partial charge is 0.312 e. The Morgan fingerprint density at radius 1 is 0.895 bits per heavy atom. The van der Waals surface area contributed by atoms with Gasteiger partial charge in [0.1, 0.15) is 0 Å². The Hall–Kier alpha value is -0.0800. The summed E-state index contributed by atoms with van der Waals surface area (Å²) in [7, 11) is 2.41. The van der Waals surface area contributed by atoms with E-state index in [4.69, 9.17) is 0 Å². The zero-order valence-electron chi connectivity index (χ0n) is 13.2. The van der Waals surface area contributed by atoms with Gasteiger partial charge >= 0.3 is 0 Å². The summed E-state index contributed by atoms with van der Waals surface area (Å²) < 4.78 is 0. The first-order valence-electron chi connectivity index (χ1n) is 8.78. The van der Waals surface area contributed by atoms with Gasteiger partial charge in [0.15, 0.2) is 0 Å². The number of nitrogens with zero attached hydrogens (tertiary/aromatic N) is 1. The quantitative estimate of drug-likeness (QED) is 0.758. The summed E-state index contributed by atoms with van der Waals surface area (Å²) in [6.45, 7) is 3.48. The predicted octanol–water partition coefficient (Wildman–Crippen LogP) is 3.95. The van der Waals surface area contributed by atoms with Gasteiger partial charge in [-0.15, -0.1) is 0 Å². The zero-order valence-corrected chi connectivity index (χ0v) is 13.2. The molecule has 2 saturated carbocycles. The summed E-state index contributed by atoms with van der Waals surface area (Å²) in [5, 5.41) is 3.84. The molecule has 0 aromatic heterocycles. The second kappa shape index (κ2) is 8.26. The average molecular weight is 266 g/mol. The van der Waals surface area contributed by atoms with Crippen LogP contribution in [0.3, 0.4) is 0 Å². The molecule has 0 aromatic carbocycles. The van der Waals surface area contributed by atoms with E-state index in [-0.39, 0.29) is 0 Å². The van der Waals surface area contributed by atoms with Gasteiger partial charge in [0, 0.05) is 18.1 Å². The molecule has 0 aromatic rings. The summed E-state index contributed by atoms with van der Waals surface area (Å²) in [4.78, 5) is 2.76. The van der Waals surface area contributed by atoms with Crippen LogP contribution in [-0.2, 0) is 0 Å². The summed E-state index contributed by atoms with van der Waals surface area (Å²) in [5.41, 5.74) is 0. The van der Waals surface area contributed by atoms with E-state index in [9.17, 15) is 0 Å². The summed E-state index contributed by atoms with van der Waals surface area (Å²) in [6, 6.07) is 2.40. The van der Waals surface area contributed by atoms with E-state index in [1.165, 1.54) is 77.2 Å². The lowest BCUT2D eigenvalue weighted by atomic mass is 9.91. The normalized spacial score (nSPS) is 30.5. The third-order valence-corrected chi connectivity index (χ3v) is 5.31. The highest BCUT2D eigenvalue weighted by molar-refractivity contribution is 4.89. The van der Waals surface area contributed by atoms with Crippen molar-refractivity contribution in [2.45, 2.75) is 95.7 Å². The molecule has 0 spiro atoms. The van der Waals surface area contributed by atoms with Gasteiger partial charge in [-0.2, -0.15) is 0 Å². The van der Waals surface area contributed by atoms with Gasteiger partial charge in [-0.05, 0) is 45.7 Å². The minimum absolute atomic E-state index is 0.745. The van der Waals surface area contributed by atoms with Crippen LogP contribution in [0.1, 0.15) is 77.6 Å². The van der Waals surface area contributed by atoms with Gasteiger partial charge in [0.25, 0.3) is 0 Å². The van der Waals surface area contributed by atoms with E-state index in [1.54, 1.807) is 0 Å². The molecular formula is C17H34N2. The Morgan fingerprint density at radius 3 is 2.21 bits per heavy atom. The summed E-state index contributed by atoms with van der Waals surface area (Å²) in [6.07, 6.45) is 15.6. The topological polar surface area (TPSA) is 15.3 Å². The van der Waals surface area contributed by atoms with Gasteiger partial charge in [-0.25, -0.2) is 0 Å². The van der Waals surface area contributed by atoms with Crippen LogP contribution in [0.2, 0.25) is 0 Å². The van der Waals surface area contributed by atoms with Crippen LogP contribution in [0.4, 0.5) is 0 Å². The van der Waals surface area contributed by atoms with E-state index in [0.717, 1.165) is 18.1 Å². The van der Waals surface area contributed by atoms with Crippen molar-refractivity contribution in [2.75, 3.05) is 13.6 Å². The second-order valence-corrected chi connectivity index (χ2v) is 6.72. The molecule has 2 nitrogen and oxygen atoms in total. The molecule has 0 bridgehead atoms. The third-order valence-electron chi connectivity index (χ3n) is 5.31. The number of likely N-dealkylation sites (N-methyl/N-ethyl adjacent to an activating group) is 1. The molecule has 112 valence electrons. The first kappa shape index (κ1) is 15.3. The van der Waals surface area contributed by atoms with Crippen molar-refractivity contribution in [3.8, 4) is 0 Å². The van der Waals surface area contributed by atoms with Crippen LogP contribution < -0.4 is 5.32 Å². The van der Waals surface area contributed by atoms with Gasteiger partial charge < -0.3 is 5.32 Å². The highest BCUT2D eigenvalue weighted by atomic mass is 15.2. The van der Waals surface area contributed by atoms with Crippen molar-refractivity contribution in [3.05, 3.63) is 0 Å². The SMILES string of the molecule is CCCNC1CCCCCC1N(C)C1CCCCC1. The summed E-state index contributed by atoms with van der Waals surface area (Å²) in [5.74, 6) is 0. The molecule has 0 saturated heterocycles. The van der Waals surface area contributed by atoms with Crippen molar-refractivity contribution >= 4 is 0 Å². The van der Waals surface area contributed by atoms with Gasteiger partial charge in [0.05, 0.1) is 0 Å². The van der Waals surface area contributed by atoms with Crippen molar-refractivity contribution < 1.29 is 0 Å². The Balaban J connectivity index is 1.94. The molecule has 2 aliphatic carbocycles. The van der Waals surface area contributed by atoms with E-state index in [2.05, 4.69) is 24.2 Å². The maximum Gasteiger partial charge on any atom is 0.0249 e. The van der Waals surface area contributed by atoms with Crippen molar-refractivity contribution in [1.82, 2.24) is 10.2 Å². The number of rotatable bonds is 5. The smallest absolute Gasteiger partial charge is 0.0249 e. The second-order valence-electron chi connectivity index (χ2n) is 6.72. The van der Waals surface area contributed by atoms with Gasteiger partial charge in [-0.3, -0.25) is 4.90 Å². The minimum Gasteiger partial charge on any atom is -0.312 e. The highest BCUT2D eigenvalue weighted by Crippen LogP contribution is 2.28. The van der Waals surface area contributed by atoms with Gasteiger partial charge in [0.2, 0.25) is 0 Å². The molecule has 0 radical (unpaired) electrons. The highest BCUT2D eigenvalue weighted by Gasteiger charge is 2.30. The first-order valence-corrected chi connectivity index (χ1v) is 8.78. The molecule has 0 heterocycles. The van der Waals surface area contributed by atoms with Crippen LogP contribution in [-0.4, -0.2) is 36.6 Å². The van der Waals surface area contributed by atoms with E-state index in [0.29, 0.717) is 0 Å². The minimum atomic E-state index is 0.745. The van der Waals surface area contributed by atoms with E-state index < -0.39 is 0 Å². The molecule has 2 unspecified atom stereocenters. The van der Waals surface area contributed by atoms with E-state index in [1.807, 2.05) is 0 Å². The molecule has 2 rings (SSSR count). The van der Waals surface area contributed by atoms with E-state index >= 15 is 0 Å². The van der Waals surface area contributed by atoms with Crippen LogP contribution in [0, 0.1) is 0 Å². The molecule has 0 amide bonds. The lowest BCUT2D eigenvalue weighted by molar-refractivity contribution is 0.105. The maximum absolute atomic E-state index is 3.84. The Kier molecular flexibility index (Phi) is 6.66. The fourth-order valence-electron chi connectivity index (χ4n) is 4.10. The van der Waals surface area contributed by atoms with Crippen LogP contribution >= 0.6 is 0 Å². The Labute approximate surface area is 120 Å². The molecule has 2 atom stereocenters. The predicted molar refractivity (Wildman–Crippen MR) is 83.6 cm³/mol. The molecule has 2 heteroatoms. The first-order chi connectivity index (χ1) is 9.33. The number of hydrogen-bond donors (Lipinski definition) is 1. The van der Waals surface area contributed by atoms with Crippen molar-refractivity contribution in [3.63, 3.8) is 0 Å². The van der Waals surface area contributed by atoms with Crippen molar-refractivity contribution in [2.24, 2.45) is 0 Å². The van der Waals surface area contributed by atoms with Gasteiger partial charge in [-0.1, -0.05) is 45.4 Å². The number of hydrogen-bond acceptors (Lipinski definition) is 2. The molecule has 0 aliphatic heterocycles. The van der Waals surface area contributed by atoms with Crippen molar-refractivity contribution in [1.29, 1.82) is 0 Å². The molecule has 1 N–H and O–H groups in total. The average Bonchev–Trinajstić information content (AvgIpc) is 2.70.